The van der Waals surface area contributed by atoms with E-state index in [0.29, 0.717) is 13.1 Å². The second-order valence-electron chi connectivity index (χ2n) is 10.3. The summed E-state index contributed by atoms with van der Waals surface area (Å²) in [4.78, 5) is 28.6. The van der Waals surface area contributed by atoms with Crippen LogP contribution in [-0.2, 0) is 23.2 Å². The number of fused-ring (bicyclic) bond motifs is 4. The summed E-state index contributed by atoms with van der Waals surface area (Å²) in [6.45, 7) is 3.37. The minimum atomic E-state index is -0.684. The number of hydrogen-bond acceptors (Lipinski definition) is 2. The highest BCUT2D eigenvalue weighted by Gasteiger charge is 2.48. The molecule has 0 saturated carbocycles. The van der Waals surface area contributed by atoms with Gasteiger partial charge in [0.25, 0.3) is 5.91 Å². The molecule has 0 radical (unpaired) electrons. The van der Waals surface area contributed by atoms with Gasteiger partial charge in [-0.2, -0.15) is 0 Å². The van der Waals surface area contributed by atoms with Crippen LogP contribution in [0.4, 0.5) is 5.69 Å². The normalized spacial score (nSPS) is 14.7. The van der Waals surface area contributed by atoms with Crippen LogP contribution in [0.3, 0.4) is 0 Å². The summed E-state index contributed by atoms with van der Waals surface area (Å²) in [5.41, 5.74) is 7.85. The number of nitrogens with zero attached hydrogens (tertiary/aromatic N) is 1. The van der Waals surface area contributed by atoms with Gasteiger partial charge in [0, 0.05) is 17.8 Å². The fourth-order valence-corrected chi connectivity index (χ4v) is 6.21. The van der Waals surface area contributed by atoms with Crippen molar-refractivity contribution in [3.05, 3.63) is 125 Å². The first-order valence-electron chi connectivity index (χ1n) is 13.6. The summed E-state index contributed by atoms with van der Waals surface area (Å²) in [6.07, 6.45) is 3.37. The summed E-state index contributed by atoms with van der Waals surface area (Å²) < 4.78 is 0. The molecule has 0 unspecified atom stereocenters. The molecule has 1 aliphatic heterocycles. The lowest BCUT2D eigenvalue weighted by atomic mass is 9.73. The van der Waals surface area contributed by atoms with Crippen LogP contribution in [0.15, 0.2) is 97.1 Å². The van der Waals surface area contributed by atoms with Gasteiger partial charge in [-0.25, -0.2) is 0 Å². The van der Waals surface area contributed by atoms with Crippen molar-refractivity contribution in [3.63, 3.8) is 0 Å². The smallest absolute Gasteiger partial charge is 0.258 e. The third kappa shape index (κ3) is 3.92. The van der Waals surface area contributed by atoms with Crippen LogP contribution in [0.1, 0.15) is 58.8 Å². The maximum Gasteiger partial charge on any atom is 0.258 e. The molecule has 0 atom stereocenters. The van der Waals surface area contributed by atoms with Gasteiger partial charge in [0.15, 0.2) is 0 Å². The predicted molar refractivity (Wildman–Crippen MR) is 152 cm³/mol. The van der Waals surface area contributed by atoms with Crippen molar-refractivity contribution in [1.29, 1.82) is 0 Å². The van der Waals surface area contributed by atoms with E-state index >= 15 is 0 Å². The number of anilines is 1. The molecule has 2 aliphatic rings. The Morgan fingerprint density at radius 2 is 1.42 bits per heavy atom. The molecule has 0 saturated heterocycles. The number of amides is 2. The largest absolute Gasteiger partial charge is 0.355 e. The van der Waals surface area contributed by atoms with Gasteiger partial charge >= 0.3 is 0 Å². The fourth-order valence-electron chi connectivity index (χ4n) is 6.21. The first kappa shape index (κ1) is 24.2. The van der Waals surface area contributed by atoms with Crippen LogP contribution in [-0.4, -0.2) is 18.4 Å². The third-order valence-corrected chi connectivity index (χ3v) is 8.07. The summed E-state index contributed by atoms with van der Waals surface area (Å²) in [5.74, 6) is 0.158. The zero-order chi connectivity index (χ0) is 26.1. The standard InChI is InChI=1S/C34H32N2O2/c1-2-22-35-33(38)34(30-15-7-5-13-28(30)29-14-6-8-16-31(29)34)21-9-10-24-17-19-26(20-18-24)36-23-25-11-3-4-12-27(25)32(36)37/h3-8,11-20H,2,9-10,21-23H2,1H3,(H,35,38). The van der Waals surface area contributed by atoms with Gasteiger partial charge in [-0.1, -0.05) is 85.8 Å². The van der Waals surface area contributed by atoms with Gasteiger partial charge in [0.1, 0.15) is 5.41 Å². The van der Waals surface area contributed by atoms with Crippen molar-refractivity contribution in [2.24, 2.45) is 0 Å². The van der Waals surface area contributed by atoms with Crippen LogP contribution >= 0.6 is 0 Å². The molecule has 0 fully saturated rings. The van der Waals surface area contributed by atoms with E-state index in [1.807, 2.05) is 53.4 Å². The van der Waals surface area contributed by atoms with Crippen molar-refractivity contribution in [2.75, 3.05) is 11.4 Å². The van der Waals surface area contributed by atoms with Gasteiger partial charge in [0.05, 0.1) is 6.54 Å². The van der Waals surface area contributed by atoms with Crippen molar-refractivity contribution in [3.8, 4) is 11.1 Å². The van der Waals surface area contributed by atoms with E-state index in [1.54, 1.807) is 0 Å². The number of carbonyl (C=O) groups is 2. The lowest BCUT2D eigenvalue weighted by Gasteiger charge is -2.31. The highest BCUT2D eigenvalue weighted by molar-refractivity contribution is 6.10. The Hall–Kier alpha value is -4.18. The van der Waals surface area contributed by atoms with E-state index in [9.17, 15) is 9.59 Å². The summed E-state index contributed by atoms with van der Waals surface area (Å²) in [6, 6.07) is 32.9. The molecule has 1 N–H and O–H groups in total. The Morgan fingerprint density at radius 3 is 2.05 bits per heavy atom. The molecule has 1 aliphatic carbocycles. The summed E-state index contributed by atoms with van der Waals surface area (Å²) in [7, 11) is 0. The lowest BCUT2D eigenvalue weighted by molar-refractivity contribution is -0.125. The van der Waals surface area contributed by atoms with E-state index in [2.05, 4.69) is 60.8 Å². The molecule has 190 valence electrons. The zero-order valence-corrected chi connectivity index (χ0v) is 21.7. The fraction of sp³-hybridized carbons (Fsp3) is 0.235. The minimum absolute atomic E-state index is 0.0620. The van der Waals surface area contributed by atoms with Crippen LogP contribution in [0.2, 0.25) is 0 Å². The van der Waals surface area contributed by atoms with E-state index in [4.69, 9.17) is 0 Å². The van der Waals surface area contributed by atoms with E-state index in [0.717, 1.165) is 64.8 Å². The van der Waals surface area contributed by atoms with Crippen LogP contribution in [0, 0.1) is 0 Å². The van der Waals surface area contributed by atoms with Gasteiger partial charge in [-0.15, -0.1) is 0 Å². The number of benzene rings is 4. The minimum Gasteiger partial charge on any atom is -0.355 e. The molecule has 0 bridgehead atoms. The number of carbonyl (C=O) groups excluding carboxylic acids is 2. The van der Waals surface area contributed by atoms with Crippen molar-refractivity contribution in [1.82, 2.24) is 5.32 Å². The van der Waals surface area contributed by atoms with Crippen LogP contribution in [0.25, 0.3) is 11.1 Å². The van der Waals surface area contributed by atoms with Crippen molar-refractivity contribution < 1.29 is 9.59 Å². The van der Waals surface area contributed by atoms with Gasteiger partial charge < -0.3 is 10.2 Å². The Kier molecular flexibility index (Phi) is 6.32. The molecule has 0 spiro atoms. The van der Waals surface area contributed by atoms with Gasteiger partial charge in [0.2, 0.25) is 5.91 Å². The molecule has 0 aromatic heterocycles. The molecule has 4 heteroatoms. The first-order chi connectivity index (χ1) is 18.6. The molecule has 2 amide bonds. The maximum atomic E-state index is 13.9. The number of hydrogen-bond donors (Lipinski definition) is 1. The Balaban J connectivity index is 1.23. The maximum absolute atomic E-state index is 13.9. The summed E-state index contributed by atoms with van der Waals surface area (Å²) >= 11 is 0. The molecule has 1 heterocycles. The Morgan fingerprint density at radius 1 is 0.816 bits per heavy atom. The molecular weight excluding hydrogens is 468 g/mol. The zero-order valence-electron chi connectivity index (χ0n) is 21.7. The monoisotopic (exact) mass is 500 g/mol. The average Bonchev–Trinajstić information content (AvgIpc) is 3.45. The predicted octanol–water partition coefficient (Wildman–Crippen LogP) is 6.66. The number of aryl methyl sites for hydroxylation is 1. The Bertz CT molecular complexity index is 1460. The SMILES string of the molecule is CCCNC(=O)C1(CCCc2ccc(N3Cc4ccccc4C3=O)cc2)c2ccccc2-c2ccccc21. The third-order valence-electron chi connectivity index (χ3n) is 8.07. The molecule has 38 heavy (non-hydrogen) atoms. The van der Waals surface area contributed by atoms with Crippen molar-refractivity contribution >= 4 is 17.5 Å². The average molecular weight is 501 g/mol. The highest BCUT2D eigenvalue weighted by Crippen LogP contribution is 2.51. The number of rotatable bonds is 8. The first-order valence-corrected chi connectivity index (χ1v) is 13.6. The second-order valence-corrected chi connectivity index (χ2v) is 10.3. The van der Waals surface area contributed by atoms with Gasteiger partial charge in [-0.05, 0) is 77.3 Å². The van der Waals surface area contributed by atoms with Crippen molar-refractivity contribution in [2.45, 2.75) is 44.6 Å². The Labute approximate surface area is 224 Å². The molecule has 4 aromatic rings. The van der Waals surface area contributed by atoms with E-state index in [-0.39, 0.29) is 11.8 Å². The van der Waals surface area contributed by atoms with Crippen LogP contribution < -0.4 is 10.2 Å². The lowest BCUT2D eigenvalue weighted by Crippen LogP contribution is -2.44. The number of nitrogens with one attached hydrogen (secondary N) is 1. The molecular formula is C34H32N2O2. The van der Waals surface area contributed by atoms with E-state index < -0.39 is 5.41 Å². The molecule has 6 rings (SSSR count). The summed E-state index contributed by atoms with van der Waals surface area (Å²) in [5, 5.41) is 3.22. The topological polar surface area (TPSA) is 49.4 Å². The van der Waals surface area contributed by atoms with Crippen LogP contribution in [0.5, 0.6) is 0 Å². The quantitative estimate of drug-likeness (QED) is 0.294. The molecule has 4 aromatic carbocycles. The van der Waals surface area contributed by atoms with E-state index in [1.165, 1.54) is 5.56 Å². The second kappa shape index (κ2) is 9.94. The van der Waals surface area contributed by atoms with Gasteiger partial charge in [-0.3, -0.25) is 9.59 Å². The highest BCUT2D eigenvalue weighted by atomic mass is 16.2. The molecule has 4 nitrogen and oxygen atoms in total.